The molecular formula is C15H19F3N2O3. The van der Waals surface area contributed by atoms with E-state index in [0.717, 1.165) is 4.57 Å². The van der Waals surface area contributed by atoms with Gasteiger partial charge in [0, 0.05) is 17.0 Å². The van der Waals surface area contributed by atoms with Crippen LogP contribution in [0.25, 0.3) is 0 Å². The van der Waals surface area contributed by atoms with Gasteiger partial charge in [-0.15, -0.1) is 0 Å². The average Bonchev–Trinajstić information content (AvgIpc) is 2.97. The lowest BCUT2D eigenvalue weighted by Crippen LogP contribution is -2.39. The standard InChI is InChI=1S/C15H19F3N2O3/c1-9-6-11(10(2)20(9)8-15(16,17)18)13(21)7-19-5-3-4-12(19)14(22)23/h6,12H,3-5,7-8H2,1-2H3,(H,22,23)/t12-/m0/s1. The van der Waals surface area contributed by atoms with Gasteiger partial charge < -0.3 is 9.67 Å². The largest absolute Gasteiger partial charge is 0.480 e. The van der Waals surface area contributed by atoms with Crippen LogP contribution in [-0.2, 0) is 11.3 Å². The second-order valence-corrected chi connectivity index (χ2v) is 5.88. The predicted octanol–water partition coefficient (Wildman–Crippen LogP) is 2.40. The molecule has 1 fully saturated rings. The monoisotopic (exact) mass is 332 g/mol. The number of aliphatic carboxylic acids is 1. The van der Waals surface area contributed by atoms with Crippen molar-refractivity contribution < 1.29 is 27.9 Å². The SMILES string of the molecule is Cc1cc(C(=O)CN2CCC[C@H]2C(=O)O)c(C)n1CC(F)(F)F. The Hall–Kier alpha value is -1.83. The zero-order chi connectivity index (χ0) is 17.4. The van der Waals surface area contributed by atoms with E-state index in [1.165, 1.54) is 19.9 Å². The fourth-order valence-electron chi connectivity index (χ4n) is 3.07. The van der Waals surface area contributed by atoms with Gasteiger partial charge in [0.2, 0.25) is 0 Å². The number of carbonyl (C=O) groups excluding carboxylic acids is 1. The number of ketones is 1. The molecule has 0 unspecified atom stereocenters. The molecule has 23 heavy (non-hydrogen) atoms. The quantitative estimate of drug-likeness (QED) is 0.841. The zero-order valence-corrected chi connectivity index (χ0v) is 13.0. The van der Waals surface area contributed by atoms with Crippen LogP contribution in [0, 0.1) is 13.8 Å². The van der Waals surface area contributed by atoms with E-state index >= 15 is 0 Å². The summed E-state index contributed by atoms with van der Waals surface area (Å²) >= 11 is 0. The molecule has 1 saturated heterocycles. The Morgan fingerprint density at radius 1 is 1.35 bits per heavy atom. The summed E-state index contributed by atoms with van der Waals surface area (Å²) in [5.74, 6) is -1.32. The molecule has 5 nitrogen and oxygen atoms in total. The van der Waals surface area contributed by atoms with Gasteiger partial charge in [0.25, 0.3) is 0 Å². The van der Waals surface area contributed by atoms with Crippen LogP contribution in [0.15, 0.2) is 6.07 Å². The maximum absolute atomic E-state index is 12.6. The first-order chi connectivity index (χ1) is 10.6. The van der Waals surface area contributed by atoms with Gasteiger partial charge in [-0.25, -0.2) is 0 Å². The van der Waals surface area contributed by atoms with Crippen molar-refractivity contribution in [2.24, 2.45) is 0 Å². The maximum Gasteiger partial charge on any atom is 0.406 e. The number of halogens is 3. The highest BCUT2D eigenvalue weighted by Gasteiger charge is 2.33. The fraction of sp³-hybridized carbons (Fsp3) is 0.600. The molecule has 1 N–H and O–H groups in total. The van der Waals surface area contributed by atoms with E-state index < -0.39 is 24.7 Å². The summed E-state index contributed by atoms with van der Waals surface area (Å²) in [7, 11) is 0. The summed E-state index contributed by atoms with van der Waals surface area (Å²) in [6.45, 7) is 2.27. The van der Waals surface area contributed by atoms with Crippen molar-refractivity contribution in [2.45, 2.75) is 45.5 Å². The Morgan fingerprint density at radius 3 is 2.57 bits per heavy atom. The molecule has 0 saturated carbocycles. The van der Waals surface area contributed by atoms with Crippen LogP contribution in [0.2, 0.25) is 0 Å². The van der Waals surface area contributed by atoms with Crippen molar-refractivity contribution >= 4 is 11.8 Å². The van der Waals surface area contributed by atoms with Gasteiger partial charge in [-0.2, -0.15) is 13.2 Å². The van der Waals surface area contributed by atoms with Gasteiger partial charge in [-0.3, -0.25) is 14.5 Å². The van der Waals surface area contributed by atoms with E-state index in [2.05, 4.69) is 0 Å². The summed E-state index contributed by atoms with van der Waals surface area (Å²) in [6.07, 6.45) is -3.19. The minimum Gasteiger partial charge on any atom is -0.480 e. The van der Waals surface area contributed by atoms with Crippen LogP contribution in [0.3, 0.4) is 0 Å². The van der Waals surface area contributed by atoms with Crippen molar-refractivity contribution in [3.05, 3.63) is 23.0 Å². The van der Waals surface area contributed by atoms with Crippen molar-refractivity contribution in [2.75, 3.05) is 13.1 Å². The number of rotatable bonds is 5. The van der Waals surface area contributed by atoms with E-state index in [1.807, 2.05) is 0 Å². The number of hydrogen-bond donors (Lipinski definition) is 1. The van der Waals surface area contributed by atoms with E-state index in [9.17, 15) is 22.8 Å². The molecule has 128 valence electrons. The number of likely N-dealkylation sites (tertiary alicyclic amines) is 1. The fourth-order valence-corrected chi connectivity index (χ4v) is 3.07. The van der Waals surface area contributed by atoms with Crippen molar-refractivity contribution in [3.8, 4) is 0 Å². The molecule has 0 radical (unpaired) electrons. The lowest BCUT2D eigenvalue weighted by Gasteiger charge is -2.20. The summed E-state index contributed by atoms with van der Waals surface area (Å²) in [4.78, 5) is 25.1. The van der Waals surface area contributed by atoms with Crippen LogP contribution in [0.1, 0.15) is 34.6 Å². The van der Waals surface area contributed by atoms with Gasteiger partial charge in [0.1, 0.15) is 12.6 Å². The number of hydrogen-bond acceptors (Lipinski definition) is 3. The van der Waals surface area contributed by atoms with Gasteiger partial charge in [-0.05, 0) is 39.3 Å². The maximum atomic E-state index is 12.6. The first-order valence-electron chi connectivity index (χ1n) is 7.33. The molecule has 1 atom stereocenters. The van der Waals surface area contributed by atoms with Crippen molar-refractivity contribution in [3.63, 3.8) is 0 Å². The van der Waals surface area contributed by atoms with Crippen LogP contribution in [0.4, 0.5) is 13.2 Å². The molecule has 8 heteroatoms. The topological polar surface area (TPSA) is 62.5 Å². The molecule has 0 amide bonds. The van der Waals surface area contributed by atoms with E-state index in [0.29, 0.717) is 25.1 Å². The van der Waals surface area contributed by atoms with Gasteiger partial charge in [-0.1, -0.05) is 0 Å². The third-order valence-corrected chi connectivity index (χ3v) is 4.21. The molecule has 1 aromatic rings. The van der Waals surface area contributed by atoms with Gasteiger partial charge >= 0.3 is 12.1 Å². The first kappa shape index (κ1) is 17.5. The van der Waals surface area contributed by atoms with E-state index in [-0.39, 0.29) is 23.6 Å². The number of alkyl halides is 3. The van der Waals surface area contributed by atoms with Crippen LogP contribution >= 0.6 is 0 Å². The number of carbonyl (C=O) groups is 2. The highest BCUT2D eigenvalue weighted by Crippen LogP contribution is 2.24. The minimum absolute atomic E-state index is 0.0900. The molecule has 2 heterocycles. The van der Waals surface area contributed by atoms with Crippen LogP contribution < -0.4 is 0 Å². The number of aryl methyl sites for hydroxylation is 1. The summed E-state index contributed by atoms with van der Waals surface area (Å²) in [5.41, 5.74) is 0.845. The number of aromatic nitrogens is 1. The Bertz CT molecular complexity index is 622. The first-order valence-corrected chi connectivity index (χ1v) is 7.33. The number of nitrogens with zero attached hydrogens (tertiary/aromatic N) is 2. The molecular weight excluding hydrogens is 313 g/mol. The van der Waals surface area contributed by atoms with Crippen LogP contribution in [0.5, 0.6) is 0 Å². The summed E-state index contributed by atoms with van der Waals surface area (Å²) < 4.78 is 38.9. The van der Waals surface area contributed by atoms with Crippen molar-refractivity contribution in [1.29, 1.82) is 0 Å². The van der Waals surface area contributed by atoms with Gasteiger partial charge in [0.15, 0.2) is 5.78 Å². The molecule has 0 aromatic carbocycles. The molecule has 1 aliphatic heterocycles. The Balaban J connectivity index is 2.17. The lowest BCUT2D eigenvalue weighted by molar-refractivity contribution is -0.142. The lowest BCUT2D eigenvalue weighted by atomic mass is 10.1. The molecule has 1 aliphatic rings. The molecule has 2 rings (SSSR count). The van der Waals surface area contributed by atoms with Crippen molar-refractivity contribution in [1.82, 2.24) is 9.47 Å². The smallest absolute Gasteiger partial charge is 0.406 e. The Labute approximate surface area is 131 Å². The number of carboxylic acids is 1. The zero-order valence-electron chi connectivity index (χ0n) is 13.0. The molecule has 0 bridgehead atoms. The number of carboxylic acid groups (broad SMARTS) is 1. The molecule has 0 spiro atoms. The average molecular weight is 332 g/mol. The summed E-state index contributed by atoms with van der Waals surface area (Å²) in [5, 5.41) is 9.12. The van der Waals surface area contributed by atoms with E-state index in [4.69, 9.17) is 5.11 Å². The summed E-state index contributed by atoms with van der Waals surface area (Å²) in [6, 6.07) is 0.743. The van der Waals surface area contributed by atoms with Crippen LogP contribution in [-0.4, -0.2) is 51.6 Å². The Kier molecular flexibility index (Phi) is 4.84. The third kappa shape index (κ3) is 3.93. The Morgan fingerprint density at radius 2 is 2.00 bits per heavy atom. The highest BCUT2D eigenvalue weighted by atomic mass is 19.4. The van der Waals surface area contributed by atoms with Gasteiger partial charge in [0.05, 0.1) is 6.54 Å². The predicted molar refractivity (Wildman–Crippen MR) is 76.5 cm³/mol. The number of Topliss-reactive ketones (excluding diaryl/α,β-unsaturated/α-hetero) is 1. The second kappa shape index (κ2) is 6.35. The molecule has 1 aromatic heterocycles. The minimum atomic E-state index is -4.36. The second-order valence-electron chi connectivity index (χ2n) is 5.88. The van der Waals surface area contributed by atoms with E-state index in [1.54, 1.807) is 4.90 Å². The molecule has 0 aliphatic carbocycles. The highest BCUT2D eigenvalue weighted by molar-refractivity contribution is 5.99. The normalized spacial score (nSPS) is 19.3. The third-order valence-electron chi connectivity index (χ3n) is 4.21.